The van der Waals surface area contributed by atoms with Crippen molar-refractivity contribution >= 4 is 34.1 Å². The Balaban J connectivity index is 1.65. The average Bonchev–Trinajstić information content (AvgIpc) is 3.04. The second-order valence-corrected chi connectivity index (χ2v) is 8.41. The highest BCUT2D eigenvalue weighted by molar-refractivity contribution is 7.99. The van der Waals surface area contributed by atoms with Crippen LogP contribution in [0.4, 0.5) is 5.13 Å². The summed E-state index contributed by atoms with van der Waals surface area (Å²) in [7, 11) is 0. The minimum absolute atomic E-state index is 0.0412. The van der Waals surface area contributed by atoms with Crippen molar-refractivity contribution in [1.82, 2.24) is 20.3 Å². The molecule has 7 nitrogen and oxygen atoms in total. The van der Waals surface area contributed by atoms with Crippen LogP contribution in [0.15, 0.2) is 17.6 Å². The summed E-state index contributed by atoms with van der Waals surface area (Å²) in [5, 5.41) is 4.75. The number of nitrogens with zero attached hydrogens (tertiary/aromatic N) is 4. The zero-order valence-corrected chi connectivity index (χ0v) is 16.2. The fourth-order valence-corrected chi connectivity index (χ4v) is 4.93. The summed E-state index contributed by atoms with van der Waals surface area (Å²) in [4.78, 5) is 29.3. The fraction of sp³-hybridized carbons (Fsp3) is 0.529. The molecule has 2 aliphatic heterocycles. The molecule has 1 atom stereocenters. The highest BCUT2D eigenvalue weighted by Gasteiger charge is 2.30. The van der Waals surface area contributed by atoms with Crippen LogP contribution in [0.1, 0.15) is 35.4 Å². The zero-order valence-electron chi connectivity index (χ0n) is 14.6. The van der Waals surface area contributed by atoms with E-state index in [1.807, 2.05) is 12.4 Å². The second kappa shape index (κ2) is 7.89. The number of thiazole rings is 1. The van der Waals surface area contributed by atoms with Gasteiger partial charge in [-0.15, -0.1) is 11.3 Å². The van der Waals surface area contributed by atoms with Gasteiger partial charge in [0, 0.05) is 42.7 Å². The van der Waals surface area contributed by atoms with Crippen molar-refractivity contribution in [2.75, 3.05) is 37.0 Å². The third-order valence-corrected chi connectivity index (χ3v) is 6.51. The van der Waals surface area contributed by atoms with Gasteiger partial charge in [-0.05, 0) is 11.3 Å². The molecule has 9 heteroatoms. The van der Waals surface area contributed by atoms with Crippen molar-refractivity contribution in [1.29, 1.82) is 0 Å². The summed E-state index contributed by atoms with van der Waals surface area (Å²) in [6.45, 7) is 5.74. The SMILES string of the molecule is CCSc1ncc(C2CC(=O)NCc3nc(N4CCOCC4)sc32)cn1. The number of amides is 1. The van der Waals surface area contributed by atoms with Crippen LogP contribution in [0.25, 0.3) is 0 Å². The van der Waals surface area contributed by atoms with Gasteiger partial charge in [0.1, 0.15) is 0 Å². The molecule has 0 bridgehead atoms. The number of aromatic nitrogens is 3. The van der Waals surface area contributed by atoms with E-state index in [1.165, 1.54) is 0 Å². The molecule has 2 aromatic rings. The van der Waals surface area contributed by atoms with Gasteiger partial charge in [-0.2, -0.15) is 0 Å². The normalized spacial score (nSPS) is 20.4. The van der Waals surface area contributed by atoms with E-state index in [0.29, 0.717) is 13.0 Å². The Morgan fingerprint density at radius 3 is 2.85 bits per heavy atom. The predicted molar refractivity (Wildman–Crippen MR) is 102 cm³/mol. The van der Waals surface area contributed by atoms with Gasteiger partial charge in [0.2, 0.25) is 5.91 Å². The number of ether oxygens (including phenoxy) is 1. The summed E-state index contributed by atoms with van der Waals surface area (Å²) < 4.78 is 5.44. The lowest BCUT2D eigenvalue weighted by atomic mass is 9.96. The van der Waals surface area contributed by atoms with Gasteiger partial charge in [-0.1, -0.05) is 18.7 Å². The van der Waals surface area contributed by atoms with E-state index in [1.54, 1.807) is 23.1 Å². The molecule has 26 heavy (non-hydrogen) atoms. The maximum absolute atomic E-state index is 12.2. The number of fused-ring (bicyclic) bond motifs is 1. The minimum atomic E-state index is -0.0412. The van der Waals surface area contributed by atoms with E-state index in [9.17, 15) is 4.79 Å². The van der Waals surface area contributed by atoms with Gasteiger partial charge in [-0.25, -0.2) is 15.0 Å². The largest absolute Gasteiger partial charge is 0.378 e. The molecular formula is C17H21N5O2S2. The van der Waals surface area contributed by atoms with Crippen molar-refractivity contribution in [2.45, 2.75) is 31.0 Å². The van der Waals surface area contributed by atoms with Crippen LogP contribution in [-0.4, -0.2) is 52.9 Å². The zero-order chi connectivity index (χ0) is 17.9. The van der Waals surface area contributed by atoms with Crippen molar-refractivity contribution < 1.29 is 9.53 Å². The number of hydrogen-bond acceptors (Lipinski definition) is 8. The van der Waals surface area contributed by atoms with Crippen molar-refractivity contribution in [3.8, 4) is 0 Å². The first-order valence-corrected chi connectivity index (χ1v) is 10.6. The molecule has 1 amide bonds. The number of carbonyl (C=O) groups excluding carboxylic acids is 1. The third kappa shape index (κ3) is 3.70. The van der Waals surface area contributed by atoms with Crippen LogP contribution >= 0.6 is 23.1 Å². The molecule has 0 aromatic carbocycles. The third-order valence-electron chi connectivity index (χ3n) is 4.48. The van der Waals surface area contributed by atoms with Gasteiger partial charge < -0.3 is 15.0 Å². The Hall–Kier alpha value is -1.71. The Morgan fingerprint density at radius 2 is 2.12 bits per heavy atom. The molecule has 0 saturated carbocycles. The van der Waals surface area contributed by atoms with Gasteiger partial charge in [0.25, 0.3) is 0 Å². The molecule has 2 aromatic heterocycles. The van der Waals surface area contributed by atoms with Crippen LogP contribution in [0.5, 0.6) is 0 Å². The summed E-state index contributed by atoms with van der Waals surface area (Å²) in [5.74, 6) is 0.938. The lowest BCUT2D eigenvalue weighted by Crippen LogP contribution is -2.36. The van der Waals surface area contributed by atoms with Gasteiger partial charge in [0.05, 0.1) is 25.5 Å². The monoisotopic (exact) mass is 391 g/mol. The number of hydrogen-bond donors (Lipinski definition) is 1. The lowest BCUT2D eigenvalue weighted by molar-refractivity contribution is -0.121. The molecule has 1 unspecified atom stereocenters. The number of morpholine rings is 1. The predicted octanol–water partition coefficient (Wildman–Crippen LogP) is 2.03. The molecule has 1 saturated heterocycles. The van der Waals surface area contributed by atoms with Crippen molar-refractivity contribution in [2.24, 2.45) is 0 Å². The standard InChI is InChI=1S/C17H21N5O2S2/c1-2-25-16-19-8-11(9-20-16)12-7-14(23)18-10-13-15(12)26-17(21-13)22-3-5-24-6-4-22/h8-9,12H,2-7,10H2,1H3,(H,18,23). The number of nitrogens with one attached hydrogen (secondary N) is 1. The Morgan fingerprint density at radius 1 is 1.35 bits per heavy atom. The Bertz CT molecular complexity index is 774. The van der Waals surface area contributed by atoms with Crippen LogP contribution in [0.3, 0.4) is 0 Å². The van der Waals surface area contributed by atoms with E-state index in [-0.39, 0.29) is 11.8 Å². The van der Waals surface area contributed by atoms with E-state index in [4.69, 9.17) is 9.72 Å². The molecule has 1 N–H and O–H groups in total. The first-order chi connectivity index (χ1) is 12.7. The first kappa shape index (κ1) is 17.7. The highest BCUT2D eigenvalue weighted by atomic mass is 32.2. The topological polar surface area (TPSA) is 80.2 Å². The molecule has 0 radical (unpaired) electrons. The lowest BCUT2D eigenvalue weighted by Gasteiger charge is -2.26. The summed E-state index contributed by atoms with van der Waals surface area (Å²) in [5.41, 5.74) is 1.93. The quantitative estimate of drug-likeness (QED) is 0.631. The van der Waals surface area contributed by atoms with Crippen LogP contribution in [0.2, 0.25) is 0 Å². The summed E-state index contributed by atoms with van der Waals surface area (Å²) >= 11 is 3.29. The molecule has 4 rings (SSSR count). The fourth-order valence-electron chi connectivity index (χ4n) is 3.15. The smallest absolute Gasteiger partial charge is 0.221 e. The molecule has 1 fully saturated rings. The molecule has 0 spiro atoms. The first-order valence-electron chi connectivity index (χ1n) is 8.78. The Labute approximate surface area is 160 Å². The van der Waals surface area contributed by atoms with E-state index in [0.717, 1.165) is 58.5 Å². The van der Waals surface area contributed by atoms with Crippen LogP contribution in [0, 0.1) is 0 Å². The van der Waals surface area contributed by atoms with Crippen LogP contribution in [-0.2, 0) is 16.1 Å². The minimum Gasteiger partial charge on any atom is -0.378 e. The summed E-state index contributed by atoms with van der Waals surface area (Å²) in [6, 6.07) is 0. The number of anilines is 1. The number of rotatable bonds is 4. The highest BCUT2D eigenvalue weighted by Crippen LogP contribution is 2.39. The maximum atomic E-state index is 12.2. The van der Waals surface area contributed by atoms with Gasteiger partial charge >= 0.3 is 0 Å². The molecule has 0 aliphatic carbocycles. The van der Waals surface area contributed by atoms with Crippen molar-refractivity contribution in [3.63, 3.8) is 0 Å². The maximum Gasteiger partial charge on any atom is 0.221 e. The van der Waals surface area contributed by atoms with E-state index < -0.39 is 0 Å². The van der Waals surface area contributed by atoms with E-state index >= 15 is 0 Å². The molecule has 4 heterocycles. The molecular weight excluding hydrogens is 370 g/mol. The van der Waals surface area contributed by atoms with Gasteiger partial charge in [-0.3, -0.25) is 4.79 Å². The van der Waals surface area contributed by atoms with Crippen molar-refractivity contribution in [3.05, 3.63) is 28.5 Å². The van der Waals surface area contributed by atoms with Crippen LogP contribution < -0.4 is 10.2 Å². The van der Waals surface area contributed by atoms with Gasteiger partial charge in [0.15, 0.2) is 10.3 Å². The molecule has 2 aliphatic rings. The average molecular weight is 392 g/mol. The number of carbonyl (C=O) groups is 1. The number of thioether (sulfide) groups is 1. The van der Waals surface area contributed by atoms with E-state index in [2.05, 4.69) is 27.1 Å². The Kier molecular flexibility index (Phi) is 5.37. The summed E-state index contributed by atoms with van der Waals surface area (Å²) in [6.07, 6.45) is 4.11. The molecule has 138 valence electrons. The second-order valence-electron chi connectivity index (χ2n) is 6.17.